The van der Waals surface area contributed by atoms with Crippen molar-refractivity contribution in [2.45, 2.75) is 39.0 Å². The van der Waals surface area contributed by atoms with E-state index >= 15 is 0 Å². The first kappa shape index (κ1) is 11.5. The number of fused-ring (bicyclic) bond motifs is 1. The van der Waals surface area contributed by atoms with Crippen molar-refractivity contribution >= 4 is 16.9 Å². The SMILES string of the molecule is CC(C)(C)c1nc2cc(C(=O)C3CC3)ccc2o1. The number of rotatable bonds is 2. The van der Waals surface area contributed by atoms with Crippen molar-refractivity contribution in [2.75, 3.05) is 0 Å². The van der Waals surface area contributed by atoms with Crippen LogP contribution in [0.2, 0.25) is 0 Å². The lowest BCUT2D eigenvalue weighted by atomic mass is 9.97. The third-order valence-corrected chi connectivity index (χ3v) is 3.26. The molecule has 0 radical (unpaired) electrons. The lowest BCUT2D eigenvalue weighted by Gasteiger charge is -2.11. The monoisotopic (exact) mass is 243 g/mol. The van der Waals surface area contributed by atoms with E-state index in [0.717, 1.165) is 29.5 Å². The topological polar surface area (TPSA) is 43.1 Å². The fourth-order valence-electron chi connectivity index (χ4n) is 1.98. The summed E-state index contributed by atoms with van der Waals surface area (Å²) in [5.74, 6) is 1.21. The molecule has 0 bridgehead atoms. The van der Waals surface area contributed by atoms with Crippen LogP contribution in [0.4, 0.5) is 0 Å². The van der Waals surface area contributed by atoms with Crippen LogP contribution in [0.15, 0.2) is 22.6 Å². The van der Waals surface area contributed by atoms with E-state index in [1.807, 2.05) is 18.2 Å². The van der Waals surface area contributed by atoms with Crippen molar-refractivity contribution in [3.8, 4) is 0 Å². The molecule has 3 nitrogen and oxygen atoms in total. The second-order valence-corrected chi connectivity index (χ2v) is 6.09. The average molecular weight is 243 g/mol. The summed E-state index contributed by atoms with van der Waals surface area (Å²) in [6.45, 7) is 6.19. The number of benzene rings is 1. The van der Waals surface area contributed by atoms with Gasteiger partial charge in [-0.15, -0.1) is 0 Å². The minimum atomic E-state index is -0.111. The summed E-state index contributed by atoms with van der Waals surface area (Å²) in [6.07, 6.45) is 2.06. The predicted molar refractivity (Wildman–Crippen MR) is 69.8 cm³/mol. The van der Waals surface area contributed by atoms with Gasteiger partial charge in [-0.05, 0) is 31.0 Å². The Hall–Kier alpha value is -1.64. The zero-order chi connectivity index (χ0) is 12.9. The molecule has 1 heterocycles. The molecule has 1 aromatic carbocycles. The Balaban J connectivity index is 2.03. The molecule has 0 N–H and O–H groups in total. The maximum Gasteiger partial charge on any atom is 0.200 e. The van der Waals surface area contributed by atoms with Crippen LogP contribution in [-0.4, -0.2) is 10.8 Å². The third-order valence-electron chi connectivity index (χ3n) is 3.26. The highest BCUT2D eigenvalue weighted by Crippen LogP contribution is 2.33. The summed E-state index contributed by atoms with van der Waals surface area (Å²) in [4.78, 5) is 16.5. The fraction of sp³-hybridized carbons (Fsp3) is 0.467. The van der Waals surface area contributed by atoms with Gasteiger partial charge in [0.05, 0.1) is 0 Å². The van der Waals surface area contributed by atoms with E-state index in [2.05, 4.69) is 25.8 Å². The van der Waals surface area contributed by atoms with E-state index < -0.39 is 0 Å². The van der Waals surface area contributed by atoms with Crippen LogP contribution in [0, 0.1) is 5.92 Å². The molecule has 3 rings (SSSR count). The summed E-state index contributed by atoms with van der Waals surface area (Å²) in [7, 11) is 0. The molecule has 0 unspecified atom stereocenters. The molecule has 1 aliphatic rings. The average Bonchev–Trinajstić information content (AvgIpc) is 3.04. The Kier molecular flexibility index (Phi) is 2.34. The van der Waals surface area contributed by atoms with Gasteiger partial charge in [-0.3, -0.25) is 4.79 Å². The summed E-state index contributed by atoms with van der Waals surface area (Å²) in [5, 5.41) is 0. The molecule has 18 heavy (non-hydrogen) atoms. The van der Waals surface area contributed by atoms with Gasteiger partial charge >= 0.3 is 0 Å². The van der Waals surface area contributed by atoms with E-state index in [-0.39, 0.29) is 17.1 Å². The quantitative estimate of drug-likeness (QED) is 0.755. The van der Waals surface area contributed by atoms with Crippen molar-refractivity contribution in [1.82, 2.24) is 4.98 Å². The molecule has 0 spiro atoms. The second kappa shape index (κ2) is 3.67. The van der Waals surface area contributed by atoms with Crippen LogP contribution in [0.5, 0.6) is 0 Å². The number of ketones is 1. The van der Waals surface area contributed by atoms with Gasteiger partial charge in [0, 0.05) is 16.9 Å². The summed E-state index contributed by atoms with van der Waals surface area (Å²) in [6, 6.07) is 5.56. The summed E-state index contributed by atoms with van der Waals surface area (Å²) in [5.41, 5.74) is 2.19. The Morgan fingerprint density at radius 1 is 1.33 bits per heavy atom. The number of carbonyl (C=O) groups is 1. The number of Topliss-reactive ketones (excluding diaryl/α,β-unsaturated/α-hetero) is 1. The highest BCUT2D eigenvalue weighted by Gasteiger charge is 2.30. The number of hydrogen-bond donors (Lipinski definition) is 0. The van der Waals surface area contributed by atoms with Crippen LogP contribution in [0.25, 0.3) is 11.1 Å². The molecule has 0 amide bonds. The van der Waals surface area contributed by atoms with Crippen molar-refractivity contribution in [3.05, 3.63) is 29.7 Å². The van der Waals surface area contributed by atoms with Gasteiger partial charge in [0.25, 0.3) is 0 Å². The smallest absolute Gasteiger partial charge is 0.200 e. The molecular formula is C15H17NO2. The Morgan fingerprint density at radius 3 is 2.67 bits per heavy atom. The van der Waals surface area contributed by atoms with Gasteiger partial charge in [-0.1, -0.05) is 20.8 Å². The summed E-state index contributed by atoms with van der Waals surface area (Å²) >= 11 is 0. The van der Waals surface area contributed by atoms with Crippen molar-refractivity contribution in [1.29, 1.82) is 0 Å². The highest BCUT2D eigenvalue weighted by atomic mass is 16.3. The molecule has 2 aromatic rings. The number of hydrogen-bond acceptors (Lipinski definition) is 3. The Morgan fingerprint density at radius 2 is 2.06 bits per heavy atom. The van der Waals surface area contributed by atoms with E-state index in [1.54, 1.807) is 0 Å². The van der Waals surface area contributed by atoms with Crippen molar-refractivity contribution in [3.63, 3.8) is 0 Å². The van der Waals surface area contributed by atoms with Crippen LogP contribution in [-0.2, 0) is 5.41 Å². The lowest BCUT2D eigenvalue weighted by Crippen LogP contribution is -2.10. The maximum absolute atomic E-state index is 12.0. The Bertz CT molecular complexity index is 615. The standard InChI is InChI=1S/C15H17NO2/c1-15(2,3)14-16-11-8-10(6-7-12(11)18-14)13(17)9-4-5-9/h6-9H,4-5H2,1-3H3. The molecule has 1 saturated carbocycles. The predicted octanol–water partition coefficient (Wildman–Crippen LogP) is 3.72. The number of nitrogens with zero attached hydrogens (tertiary/aromatic N) is 1. The van der Waals surface area contributed by atoms with Gasteiger partial charge in [-0.25, -0.2) is 4.98 Å². The van der Waals surface area contributed by atoms with Gasteiger partial charge in [-0.2, -0.15) is 0 Å². The molecule has 1 aromatic heterocycles. The minimum Gasteiger partial charge on any atom is -0.440 e. The molecule has 0 aliphatic heterocycles. The van der Waals surface area contributed by atoms with E-state index in [1.165, 1.54) is 0 Å². The van der Waals surface area contributed by atoms with E-state index in [4.69, 9.17) is 4.42 Å². The first-order valence-electron chi connectivity index (χ1n) is 6.40. The Labute approximate surface area is 106 Å². The lowest BCUT2D eigenvalue weighted by molar-refractivity contribution is 0.0968. The second-order valence-electron chi connectivity index (χ2n) is 6.09. The molecule has 1 fully saturated rings. The number of aromatic nitrogens is 1. The molecular weight excluding hydrogens is 226 g/mol. The molecule has 0 saturated heterocycles. The normalized spacial score (nSPS) is 16.2. The maximum atomic E-state index is 12.0. The van der Waals surface area contributed by atoms with E-state index in [0.29, 0.717) is 5.89 Å². The molecule has 1 aliphatic carbocycles. The first-order valence-corrected chi connectivity index (χ1v) is 6.40. The van der Waals surface area contributed by atoms with Crippen molar-refractivity contribution < 1.29 is 9.21 Å². The zero-order valence-corrected chi connectivity index (χ0v) is 11.0. The van der Waals surface area contributed by atoms with Gasteiger partial charge in [0.15, 0.2) is 11.4 Å². The van der Waals surface area contributed by atoms with Crippen LogP contribution >= 0.6 is 0 Å². The van der Waals surface area contributed by atoms with Gasteiger partial charge in [0.2, 0.25) is 5.89 Å². The van der Waals surface area contributed by atoms with E-state index in [9.17, 15) is 4.79 Å². The summed E-state index contributed by atoms with van der Waals surface area (Å²) < 4.78 is 5.72. The molecule has 0 atom stereocenters. The highest BCUT2D eigenvalue weighted by molar-refractivity contribution is 6.01. The number of oxazole rings is 1. The van der Waals surface area contributed by atoms with Crippen molar-refractivity contribution in [2.24, 2.45) is 5.92 Å². The minimum absolute atomic E-state index is 0.111. The van der Waals surface area contributed by atoms with Crippen LogP contribution in [0.3, 0.4) is 0 Å². The fourth-order valence-corrected chi connectivity index (χ4v) is 1.98. The number of carbonyl (C=O) groups excluding carboxylic acids is 1. The van der Waals surface area contributed by atoms with Gasteiger partial charge < -0.3 is 4.42 Å². The van der Waals surface area contributed by atoms with Gasteiger partial charge in [0.1, 0.15) is 5.52 Å². The van der Waals surface area contributed by atoms with Crippen LogP contribution < -0.4 is 0 Å². The largest absolute Gasteiger partial charge is 0.440 e. The third kappa shape index (κ3) is 1.94. The molecule has 3 heteroatoms. The zero-order valence-electron chi connectivity index (χ0n) is 11.0. The van der Waals surface area contributed by atoms with Crippen LogP contribution in [0.1, 0.15) is 49.9 Å². The molecule has 94 valence electrons. The first-order chi connectivity index (χ1) is 8.45.